The van der Waals surface area contributed by atoms with Crippen LogP contribution in [0.2, 0.25) is 0 Å². The highest BCUT2D eigenvalue weighted by atomic mass is 16.4. The van der Waals surface area contributed by atoms with Crippen LogP contribution in [-0.4, -0.2) is 46.9 Å². The maximum absolute atomic E-state index is 12.1. The number of hydrogen-bond acceptors (Lipinski definition) is 3. The Kier molecular flexibility index (Phi) is 5.59. The van der Waals surface area contributed by atoms with Gasteiger partial charge in [0.1, 0.15) is 0 Å². The standard InChI is InChI=1S/C15H24N2O4/c18-13-9-11(15(21)16-8-7-14(19)20)10-17(13)12-5-3-1-2-4-6-12/h11-12H,1-10H2,(H,16,21)(H,19,20). The molecule has 2 amide bonds. The third kappa shape index (κ3) is 4.44. The number of amides is 2. The molecule has 2 aliphatic rings. The quantitative estimate of drug-likeness (QED) is 0.745. The lowest BCUT2D eigenvalue weighted by molar-refractivity contribution is -0.137. The summed E-state index contributed by atoms with van der Waals surface area (Å²) in [5, 5.41) is 11.2. The zero-order valence-corrected chi connectivity index (χ0v) is 12.3. The van der Waals surface area contributed by atoms with Gasteiger partial charge in [0.2, 0.25) is 11.8 Å². The van der Waals surface area contributed by atoms with Gasteiger partial charge in [-0.15, -0.1) is 0 Å². The van der Waals surface area contributed by atoms with Crippen LogP contribution in [0.1, 0.15) is 51.4 Å². The van der Waals surface area contributed by atoms with E-state index in [2.05, 4.69) is 5.32 Å². The second-order valence-corrected chi connectivity index (χ2v) is 6.03. The number of hydrogen-bond donors (Lipinski definition) is 2. The number of nitrogens with one attached hydrogen (secondary N) is 1. The molecule has 2 rings (SSSR count). The summed E-state index contributed by atoms with van der Waals surface area (Å²) in [4.78, 5) is 36.4. The Morgan fingerprint density at radius 1 is 1.19 bits per heavy atom. The molecule has 0 aromatic rings. The van der Waals surface area contributed by atoms with E-state index in [0.29, 0.717) is 6.54 Å². The topological polar surface area (TPSA) is 86.7 Å². The van der Waals surface area contributed by atoms with E-state index in [1.54, 1.807) is 0 Å². The van der Waals surface area contributed by atoms with Crippen LogP contribution in [0.3, 0.4) is 0 Å². The summed E-state index contributed by atoms with van der Waals surface area (Å²) >= 11 is 0. The lowest BCUT2D eigenvalue weighted by Gasteiger charge is -2.27. The van der Waals surface area contributed by atoms with E-state index in [1.165, 1.54) is 12.8 Å². The highest BCUT2D eigenvalue weighted by molar-refractivity contribution is 5.89. The van der Waals surface area contributed by atoms with Crippen LogP contribution >= 0.6 is 0 Å². The second-order valence-electron chi connectivity index (χ2n) is 6.03. The number of rotatable bonds is 5. The van der Waals surface area contributed by atoms with Crippen LogP contribution in [0.25, 0.3) is 0 Å². The SMILES string of the molecule is O=C(O)CCNC(=O)C1CC(=O)N(C2CCCCCC2)C1. The fraction of sp³-hybridized carbons (Fsp3) is 0.800. The van der Waals surface area contributed by atoms with Crippen molar-refractivity contribution in [3.8, 4) is 0 Å². The maximum Gasteiger partial charge on any atom is 0.305 e. The predicted molar refractivity (Wildman–Crippen MR) is 76.6 cm³/mol. The molecular formula is C15H24N2O4. The first-order valence-corrected chi connectivity index (χ1v) is 7.87. The zero-order chi connectivity index (χ0) is 15.2. The van der Waals surface area contributed by atoms with Crippen LogP contribution < -0.4 is 5.32 Å². The molecule has 0 aromatic carbocycles. The van der Waals surface area contributed by atoms with Gasteiger partial charge in [-0.3, -0.25) is 14.4 Å². The normalized spacial score (nSPS) is 23.9. The van der Waals surface area contributed by atoms with E-state index in [-0.39, 0.29) is 43.2 Å². The van der Waals surface area contributed by atoms with Crippen LogP contribution in [-0.2, 0) is 14.4 Å². The molecule has 6 heteroatoms. The van der Waals surface area contributed by atoms with Crippen molar-refractivity contribution in [2.45, 2.75) is 57.4 Å². The monoisotopic (exact) mass is 296 g/mol. The molecule has 21 heavy (non-hydrogen) atoms. The molecule has 6 nitrogen and oxygen atoms in total. The number of carboxylic acids is 1. The maximum atomic E-state index is 12.1. The van der Waals surface area contributed by atoms with Crippen LogP contribution in [0, 0.1) is 5.92 Å². The van der Waals surface area contributed by atoms with Crippen molar-refractivity contribution >= 4 is 17.8 Å². The lowest BCUT2D eigenvalue weighted by Crippen LogP contribution is -2.38. The molecule has 1 aliphatic heterocycles. The molecule has 1 unspecified atom stereocenters. The van der Waals surface area contributed by atoms with Gasteiger partial charge in [-0.2, -0.15) is 0 Å². The molecular weight excluding hydrogens is 272 g/mol. The van der Waals surface area contributed by atoms with Gasteiger partial charge in [-0.25, -0.2) is 0 Å². The Morgan fingerprint density at radius 3 is 2.48 bits per heavy atom. The van der Waals surface area contributed by atoms with Crippen molar-refractivity contribution in [1.29, 1.82) is 0 Å². The second kappa shape index (κ2) is 7.43. The Bertz CT molecular complexity index is 402. The summed E-state index contributed by atoms with van der Waals surface area (Å²) < 4.78 is 0. The largest absolute Gasteiger partial charge is 0.481 e. The fourth-order valence-electron chi connectivity index (χ4n) is 3.27. The molecule has 2 N–H and O–H groups in total. The average Bonchev–Trinajstić information content (AvgIpc) is 2.65. The summed E-state index contributed by atoms with van der Waals surface area (Å²) in [6.07, 6.45) is 7.04. The van der Waals surface area contributed by atoms with Crippen LogP contribution in [0.15, 0.2) is 0 Å². The number of carbonyl (C=O) groups is 3. The van der Waals surface area contributed by atoms with Crippen molar-refractivity contribution in [2.24, 2.45) is 5.92 Å². The van der Waals surface area contributed by atoms with E-state index in [4.69, 9.17) is 5.11 Å². The fourth-order valence-corrected chi connectivity index (χ4v) is 3.27. The predicted octanol–water partition coefficient (Wildman–Crippen LogP) is 1.15. The van der Waals surface area contributed by atoms with Crippen molar-refractivity contribution < 1.29 is 19.5 Å². The smallest absolute Gasteiger partial charge is 0.305 e. The summed E-state index contributed by atoms with van der Waals surface area (Å²) in [6.45, 7) is 0.616. The minimum Gasteiger partial charge on any atom is -0.481 e. The molecule has 1 saturated carbocycles. The number of carbonyl (C=O) groups excluding carboxylic acids is 2. The third-order valence-corrected chi connectivity index (χ3v) is 4.43. The van der Waals surface area contributed by atoms with Gasteiger partial charge < -0.3 is 15.3 Å². The third-order valence-electron chi connectivity index (χ3n) is 4.43. The van der Waals surface area contributed by atoms with Crippen molar-refractivity contribution in [2.75, 3.05) is 13.1 Å². The Labute approximate surface area is 124 Å². The molecule has 1 atom stereocenters. The van der Waals surface area contributed by atoms with Gasteiger partial charge in [0.15, 0.2) is 0 Å². The number of nitrogens with zero attached hydrogens (tertiary/aromatic N) is 1. The first-order chi connectivity index (χ1) is 10.1. The first-order valence-electron chi connectivity index (χ1n) is 7.87. The highest BCUT2D eigenvalue weighted by Gasteiger charge is 2.37. The van der Waals surface area contributed by atoms with Gasteiger partial charge >= 0.3 is 5.97 Å². The molecule has 1 aliphatic carbocycles. The number of likely N-dealkylation sites (tertiary alicyclic amines) is 1. The summed E-state index contributed by atoms with van der Waals surface area (Å²) in [7, 11) is 0. The Morgan fingerprint density at radius 2 is 1.86 bits per heavy atom. The van der Waals surface area contributed by atoms with E-state index in [9.17, 15) is 14.4 Å². The molecule has 0 aromatic heterocycles. The summed E-state index contributed by atoms with van der Waals surface area (Å²) in [5.41, 5.74) is 0. The highest BCUT2D eigenvalue weighted by Crippen LogP contribution is 2.28. The average molecular weight is 296 g/mol. The van der Waals surface area contributed by atoms with E-state index in [1.807, 2.05) is 4.90 Å². The molecule has 2 fully saturated rings. The van der Waals surface area contributed by atoms with E-state index < -0.39 is 5.97 Å². The summed E-state index contributed by atoms with van der Waals surface area (Å²) in [6, 6.07) is 0.289. The Hall–Kier alpha value is -1.59. The van der Waals surface area contributed by atoms with Crippen molar-refractivity contribution in [3.63, 3.8) is 0 Å². The molecule has 1 saturated heterocycles. The molecule has 1 heterocycles. The van der Waals surface area contributed by atoms with Crippen LogP contribution in [0.4, 0.5) is 0 Å². The molecule has 118 valence electrons. The van der Waals surface area contributed by atoms with E-state index >= 15 is 0 Å². The van der Waals surface area contributed by atoms with Gasteiger partial charge in [0.25, 0.3) is 0 Å². The minimum absolute atomic E-state index is 0.0697. The molecule has 0 radical (unpaired) electrons. The number of aliphatic carboxylic acids is 1. The first kappa shape index (κ1) is 15.8. The van der Waals surface area contributed by atoms with Gasteiger partial charge in [-0.1, -0.05) is 25.7 Å². The summed E-state index contributed by atoms with van der Waals surface area (Å²) in [5.74, 6) is -1.38. The number of carboxylic acid groups (broad SMARTS) is 1. The van der Waals surface area contributed by atoms with Gasteiger partial charge in [0.05, 0.1) is 12.3 Å². The van der Waals surface area contributed by atoms with Gasteiger partial charge in [0, 0.05) is 25.6 Å². The van der Waals surface area contributed by atoms with Crippen molar-refractivity contribution in [3.05, 3.63) is 0 Å². The van der Waals surface area contributed by atoms with Crippen LogP contribution in [0.5, 0.6) is 0 Å². The molecule has 0 bridgehead atoms. The molecule has 0 spiro atoms. The minimum atomic E-state index is -0.933. The zero-order valence-electron chi connectivity index (χ0n) is 12.3. The lowest BCUT2D eigenvalue weighted by atomic mass is 10.1. The van der Waals surface area contributed by atoms with E-state index in [0.717, 1.165) is 25.7 Å². The Balaban J connectivity index is 1.83. The van der Waals surface area contributed by atoms with Gasteiger partial charge in [-0.05, 0) is 12.8 Å². The van der Waals surface area contributed by atoms with Crippen molar-refractivity contribution in [1.82, 2.24) is 10.2 Å².